The monoisotopic (exact) mass is 563 g/mol. The van der Waals surface area contributed by atoms with Crippen LogP contribution in [0.1, 0.15) is 89.2 Å². The van der Waals surface area contributed by atoms with E-state index in [0.717, 1.165) is 43.4 Å². The van der Waals surface area contributed by atoms with Crippen molar-refractivity contribution in [3.63, 3.8) is 0 Å². The zero-order valence-electron chi connectivity index (χ0n) is 23.5. The molecule has 3 rings (SSSR count). The van der Waals surface area contributed by atoms with E-state index in [1.165, 1.54) is 0 Å². The molecule has 0 saturated carbocycles. The molecular formula is C30H44ClN2O4S-. The van der Waals surface area contributed by atoms with E-state index in [1.807, 2.05) is 62.3 Å². The molecule has 1 aliphatic heterocycles. The Labute approximate surface area is 235 Å². The van der Waals surface area contributed by atoms with Gasteiger partial charge >= 0.3 is 0 Å². The van der Waals surface area contributed by atoms with Crippen molar-refractivity contribution in [2.24, 2.45) is 5.41 Å². The fourth-order valence-corrected chi connectivity index (χ4v) is 7.83. The Morgan fingerprint density at radius 2 is 1.76 bits per heavy atom. The molecule has 3 atom stereocenters. The minimum absolute atomic E-state index is 0. The topological polar surface area (TPSA) is 86.7 Å². The molecule has 0 aromatic heterocycles. The molecule has 1 amide bonds. The largest absolute Gasteiger partial charge is 1.00 e. The van der Waals surface area contributed by atoms with Gasteiger partial charge in [0.15, 0.2) is 9.84 Å². The van der Waals surface area contributed by atoms with Crippen LogP contribution in [-0.2, 0) is 14.6 Å². The number of amides is 1. The zero-order chi connectivity index (χ0) is 27.2. The van der Waals surface area contributed by atoms with E-state index in [4.69, 9.17) is 0 Å². The molecule has 1 aliphatic rings. The average Bonchev–Trinajstić information content (AvgIpc) is 2.93. The van der Waals surface area contributed by atoms with Crippen LogP contribution in [0.2, 0.25) is 0 Å². The molecule has 38 heavy (non-hydrogen) atoms. The quantitative estimate of drug-likeness (QED) is 0.410. The molecule has 0 bridgehead atoms. The summed E-state index contributed by atoms with van der Waals surface area (Å²) < 4.78 is 27.6. The highest BCUT2D eigenvalue weighted by Crippen LogP contribution is 2.49. The highest BCUT2D eigenvalue weighted by atomic mass is 35.5. The second-order valence-corrected chi connectivity index (χ2v) is 12.7. The second kappa shape index (κ2) is 13.8. The van der Waals surface area contributed by atoms with E-state index in [2.05, 4.69) is 19.2 Å². The van der Waals surface area contributed by atoms with Crippen LogP contribution >= 0.6 is 0 Å². The molecule has 0 radical (unpaired) electrons. The number of carbonyl (C=O) groups is 1. The fraction of sp³-hybridized carbons (Fsp3) is 0.567. The lowest BCUT2D eigenvalue weighted by Gasteiger charge is -2.39. The van der Waals surface area contributed by atoms with Crippen LogP contribution in [0.4, 0.5) is 11.4 Å². The lowest BCUT2D eigenvalue weighted by atomic mass is 9.69. The number of aliphatic hydroxyl groups is 1. The number of carbonyl (C=O) groups excluding carboxylic acids is 1. The van der Waals surface area contributed by atoms with E-state index >= 15 is 0 Å². The summed E-state index contributed by atoms with van der Waals surface area (Å²) in [5, 5.41) is 15.1. The Bertz CT molecular complexity index is 1180. The van der Waals surface area contributed by atoms with E-state index < -0.39 is 27.3 Å². The van der Waals surface area contributed by atoms with Gasteiger partial charge < -0.3 is 27.7 Å². The summed E-state index contributed by atoms with van der Waals surface area (Å²) in [5.74, 6) is -0.646. The van der Waals surface area contributed by atoms with Crippen LogP contribution in [0.25, 0.3) is 0 Å². The number of sulfone groups is 1. The van der Waals surface area contributed by atoms with Gasteiger partial charge in [-0.3, -0.25) is 4.79 Å². The van der Waals surface area contributed by atoms with Gasteiger partial charge in [0.25, 0.3) is 0 Å². The molecule has 1 heterocycles. The molecule has 0 aliphatic carbocycles. The van der Waals surface area contributed by atoms with Crippen LogP contribution in [0.15, 0.2) is 47.4 Å². The predicted octanol–water partition coefficient (Wildman–Crippen LogP) is 3.14. The molecule has 2 N–H and O–H groups in total. The Balaban J connectivity index is 0.00000507. The normalized spacial score (nSPS) is 22.1. The smallest absolute Gasteiger partial charge is 0.224 e. The molecule has 8 heteroatoms. The van der Waals surface area contributed by atoms with Crippen LogP contribution < -0.4 is 22.6 Å². The van der Waals surface area contributed by atoms with E-state index in [1.54, 1.807) is 6.07 Å². The average molecular weight is 564 g/mol. The summed E-state index contributed by atoms with van der Waals surface area (Å²) in [7, 11) is 0.207. The number of rotatable bonds is 11. The minimum atomic E-state index is -3.64. The van der Waals surface area contributed by atoms with Crippen molar-refractivity contribution in [2.45, 2.75) is 89.1 Å². The van der Waals surface area contributed by atoms with Gasteiger partial charge in [-0.25, -0.2) is 8.42 Å². The molecular weight excluding hydrogens is 520 g/mol. The van der Waals surface area contributed by atoms with Gasteiger partial charge in [0.05, 0.1) is 16.8 Å². The number of nitrogens with zero attached hydrogens (tertiary/aromatic N) is 1. The molecule has 0 fully saturated rings. The summed E-state index contributed by atoms with van der Waals surface area (Å²) in [4.78, 5) is 14.8. The second-order valence-electron chi connectivity index (χ2n) is 10.7. The van der Waals surface area contributed by atoms with Crippen molar-refractivity contribution in [1.29, 1.82) is 0 Å². The molecule has 2 aromatic rings. The van der Waals surface area contributed by atoms with Gasteiger partial charge in [-0.1, -0.05) is 58.6 Å². The predicted molar refractivity (Wildman–Crippen MR) is 152 cm³/mol. The number of benzene rings is 2. The van der Waals surface area contributed by atoms with E-state index in [0.29, 0.717) is 35.4 Å². The molecule has 2 aromatic carbocycles. The van der Waals surface area contributed by atoms with Gasteiger partial charge in [0, 0.05) is 43.2 Å². The summed E-state index contributed by atoms with van der Waals surface area (Å²) in [6.45, 7) is 6.18. The van der Waals surface area contributed by atoms with Gasteiger partial charge in [-0.2, -0.15) is 0 Å². The molecule has 6 nitrogen and oxygen atoms in total. The van der Waals surface area contributed by atoms with Crippen molar-refractivity contribution in [3.05, 3.63) is 53.6 Å². The zero-order valence-corrected chi connectivity index (χ0v) is 25.0. The van der Waals surface area contributed by atoms with Gasteiger partial charge in [0.2, 0.25) is 5.91 Å². The molecule has 0 unspecified atom stereocenters. The maximum absolute atomic E-state index is 13.8. The molecule has 0 saturated heterocycles. The van der Waals surface area contributed by atoms with E-state index in [-0.39, 0.29) is 24.1 Å². The lowest BCUT2D eigenvalue weighted by Crippen LogP contribution is -3.00. The Hall–Kier alpha value is -2.09. The first-order chi connectivity index (χ1) is 17.6. The Morgan fingerprint density at radius 1 is 1.05 bits per heavy atom. The van der Waals surface area contributed by atoms with Crippen molar-refractivity contribution in [2.75, 3.05) is 30.1 Å². The third-order valence-electron chi connectivity index (χ3n) is 7.87. The van der Waals surface area contributed by atoms with Crippen LogP contribution in [0, 0.1) is 5.41 Å². The highest BCUT2D eigenvalue weighted by Gasteiger charge is 2.49. The Morgan fingerprint density at radius 3 is 2.39 bits per heavy atom. The minimum Gasteiger partial charge on any atom is -1.00 e. The first-order valence-corrected chi connectivity index (χ1v) is 15.4. The standard InChI is InChI=1S/C30H44N2O4S.ClH/c1-6-9-11-15-27(33)31-23-14-12-13-22(19-23)28-25-20-24(32(4)5)16-17-26(25)37(35,36)21-30(8-3,29(28)34)18-10-7-2;/h12-14,16-17,19-20,28-29,34H,6-11,15,18,21H2,1-5H3,(H,31,33);1H/p-1/t28-,29-,30-;/m1./s1. The number of aliphatic hydroxyl groups excluding tert-OH is 1. The first-order valence-electron chi connectivity index (χ1n) is 13.7. The number of nitrogens with one attached hydrogen (secondary N) is 1. The number of halogens is 1. The van der Waals surface area contributed by atoms with Crippen molar-refractivity contribution in [1.82, 2.24) is 0 Å². The van der Waals surface area contributed by atoms with Gasteiger partial charge in [0.1, 0.15) is 0 Å². The van der Waals surface area contributed by atoms with Crippen LogP contribution in [0.3, 0.4) is 0 Å². The summed E-state index contributed by atoms with van der Waals surface area (Å²) in [6.07, 6.45) is 5.45. The maximum Gasteiger partial charge on any atom is 0.224 e. The van der Waals surface area contributed by atoms with Crippen molar-refractivity contribution >= 4 is 27.1 Å². The molecule has 212 valence electrons. The first kappa shape index (κ1) is 32.1. The van der Waals surface area contributed by atoms with Crippen LogP contribution in [-0.4, -0.2) is 45.4 Å². The SMILES string of the molecule is CCCCCC(=O)Nc1cccc([C@@H]2c3cc(N(C)C)ccc3S(=O)(=O)C[C@@](CC)(CCCC)[C@@H]2O)c1.[Cl-]. The maximum atomic E-state index is 13.8. The number of unbranched alkanes of at least 4 members (excludes halogenated alkanes) is 3. The Kier molecular flexibility index (Phi) is 11.7. The number of fused-ring (bicyclic) bond motifs is 1. The third kappa shape index (κ3) is 7.10. The summed E-state index contributed by atoms with van der Waals surface area (Å²) in [6, 6.07) is 13.0. The molecule has 0 spiro atoms. The number of anilines is 2. The number of hydrogen-bond acceptors (Lipinski definition) is 5. The highest BCUT2D eigenvalue weighted by molar-refractivity contribution is 7.91. The van der Waals surface area contributed by atoms with Gasteiger partial charge in [-0.15, -0.1) is 0 Å². The summed E-state index contributed by atoms with van der Waals surface area (Å²) >= 11 is 0. The third-order valence-corrected chi connectivity index (χ3v) is 9.87. The fourth-order valence-electron chi connectivity index (χ4n) is 5.57. The number of hydrogen-bond donors (Lipinski definition) is 2. The van der Waals surface area contributed by atoms with Crippen molar-refractivity contribution < 1.29 is 30.7 Å². The van der Waals surface area contributed by atoms with Gasteiger partial charge in [-0.05, 0) is 60.7 Å². The van der Waals surface area contributed by atoms with Crippen LogP contribution in [0.5, 0.6) is 0 Å². The van der Waals surface area contributed by atoms with E-state index in [9.17, 15) is 18.3 Å². The summed E-state index contributed by atoms with van der Waals surface area (Å²) in [5.41, 5.74) is 2.21. The lowest BCUT2D eigenvalue weighted by molar-refractivity contribution is -0.116. The van der Waals surface area contributed by atoms with Crippen molar-refractivity contribution in [3.8, 4) is 0 Å².